The van der Waals surface area contributed by atoms with E-state index >= 15 is 0 Å². The van der Waals surface area contributed by atoms with Crippen molar-refractivity contribution in [2.75, 3.05) is 5.75 Å². The third-order valence-electron chi connectivity index (χ3n) is 3.22. The number of hydrogen-bond donors (Lipinski definition) is 0. The van der Waals surface area contributed by atoms with Crippen molar-refractivity contribution in [3.63, 3.8) is 0 Å². The number of aryl methyl sites for hydroxylation is 1. The molecule has 0 aliphatic heterocycles. The summed E-state index contributed by atoms with van der Waals surface area (Å²) in [5, 5.41) is 8.12. The number of halogens is 4. The van der Waals surface area contributed by atoms with Gasteiger partial charge in [-0.05, 0) is 18.1 Å². The molecule has 3 nitrogen and oxygen atoms in total. The molecule has 0 atom stereocenters. The molecule has 120 valence electrons. The van der Waals surface area contributed by atoms with E-state index in [1.807, 2.05) is 30.3 Å². The van der Waals surface area contributed by atoms with Gasteiger partial charge in [0.1, 0.15) is 0 Å². The van der Waals surface area contributed by atoms with Gasteiger partial charge in [0.2, 0.25) is 0 Å². The Balaban J connectivity index is 1.82. The zero-order chi connectivity index (χ0) is 16.4. The Morgan fingerprint density at radius 3 is 2.57 bits per heavy atom. The lowest BCUT2D eigenvalue weighted by atomic mass is 10.2. The van der Waals surface area contributed by atoms with Crippen LogP contribution in [0.4, 0.5) is 13.2 Å². The van der Waals surface area contributed by atoms with E-state index in [2.05, 4.69) is 10.2 Å². The average Bonchev–Trinajstić information content (AvgIpc) is 2.91. The maximum Gasteiger partial charge on any atom is 0.417 e. The van der Waals surface area contributed by atoms with Gasteiger partial charge >= 0.3 is 6.18 Å². The molecule has 2 heterocycles. The lowest BCUT2D eigenvalue weighted by Gasteiger charge is -2.08. The van der Waals surface area contributed by atoms with E-state index in [0.717, 1.165) is 24.2 Å². The van der Waals surface area contributed by atoms with Crippen molar-refractivity contribution in [2.24, 2.45) is 0 Å². The van der Waals surface area contributed by atoms with E-state index in [9.17, 15) is 13.2 Å². The second-order valence-corrected chi connectivity index (χ2v) is 6.30. The molecule has 8 heteroatoms. The fourth-order valence-electron chi connectivity index (χ4n) is 2.09. The molecule has 2 aromatic heterocycles. The standard InChI is InChI=1S/C15H11ClF3N3S/c16-12-8-11(15(17,18)19)9-22-13(12)20-21-14(22)23-7-6-10-4-2-1-3-5-10/h1-5,8-9H,6-7H2. The molecule has 3 aromatic rings. The Morgan fingerprint density at radius 2 is 1.87 bits per heavy atom. The molecule has 0 bridgehead atoms. The summed E-state index contributed by atoms with van der Waals surface area (Å²) in [4.78, 5) is 0. The lowest BCUT2D eigenvalue weighted by molar-refractivity contribution is -0.137. The van der Waals surface area contributed by atoms with Gasteiger partial charge in [0, 0.05) is 11.9 Å². The van der Waals surface area contributed by atoms with Crippen LogP contribution in [0.25, 0.3) is 5.65 Å². The Kier molecular flexibility index (Phi) is 4.50. The summed E-state index contributed by atoms with van der Waals surface area (Å²) < 4.78 is 40.0. The SMILES string of the molecule is FC(F)(F)c1cc(Cl)c2nnc(SCCc3ccccc3)n2c1. The molecule has 0 saturated heterocycles. The number of nitrogens with zero attached hydrogens (tertiary/aromatic N) is 3. The molecule has 1 aromatic carbocycles. The third kappa shape index (κ3) is 3.61. The zero-order valence-corrected chi connectivity index (χ0v) is 13.3. The van der Waals surface area contributed by atoms with E-state index < -0.39 is 11.7 Å². The first-order valence-corrected chi connectivity index (χ1v) is 8.10. The number of thioether (sulfide) groups is 1. The Bertz CT molecular complexity index is 818. The Morgan fingerprint density at radius 1 is 1.13 bits per heavy atom. The van der Waals surface area contributed by atoms with Gasteiger partial charge in [0.15, 0.2) is 10.8 Å². The summed E-state index contributed by atoms with van der Waals surface area (Å²) in [6.07, 6.45) is -2.70. The van der Waals surface area contributed by atoms with Crippen molar-refractivity contribution >= 4 is 29.0 Å². The number of fused-ring (bicyclic) bond motifs is 1. The minimum atomic E-state index is -4.46. The number of aromatic nitrogens is 3. The van der Waals surface area contributed by atoms with Crippen molar-refractivity contribution in [3.8, 4) is 0 Å². The first-order chi connectivity index (χ1) is 10.9. The molecule has 0 spiro atoms. The predicted molar refractivity (Wildman–Crippen MR) is 83.9 cm³/mol. The highest BCUT2D eigenvalue weighted by Crippen LogP contribution is 2.33. The van der Waals surface area contributed by atoms with Crippen molar-refractivity contribution in [1.29, 1.82) is 0 Å². The third-order valence-corrected chi connectivity index (χ3v) is 4.44. The second kappa shape index (κ2) is 6.41. The molecule has 23 heavy (non-hydrogen) atoms. The van der Waals surface area contributed by atoms with E-state index in [4.69, 9.17) is 11.6 Å². The molecule has 0 aliphatic rings. The minimum Gasteiger partial charge on any atom is -0.276 e. The van der Waals surface area contributed by atoms with Gasteiger partial charge in [-0.25, -0.2) is 0 Å². The Labute approximate surface area is 139 Å². The second-order valence-electron chi connectivity index (χ2n) is 4.83. The fourth-order valence-corrected chi connectivity index (χ4v) is 3.24. The molecule has 0 fully saturated rings. The topological polar surface area (TPSA) is 30.2 Å². The van der Waals surface area contributed by atoms with Crippen LogP contribution in [0, 0.1) is 0 Å². The van der Waals surface area contributed by atoms with Crippen LogP contribution >= 0.6 is 23.4 Å². The van der Waals surface area contributed by atoms with Gasteiger partial charge in [-0.3, -0.25) is 4.40 Å². The monoisotopic (exact) mass is 357 g/mol. The van der Waals surface area contributed by atoms with Crippen LogP contribution < -0.4 is 0 Å². The molecular weight excluding hydrogens is 347 g/mol. The van der Waals surface area contributed by atoms with E-state index in [0.29, 0.717) is 10.9 Å². The molecule has 0 unspecified atom stereocenters. The van der Waals surface area contributed by atoms with E-state index in [-0.39, 0.29) is 10.7 Å². The molecule has 0 amide bonds. The number of alkyl halides is 3. The van der Waals surface area contributed by atoms with Crippen LogP contribution in [0.5, 0.6) is 0 Å². The first-order valence-electron chi connectivity index (χ1n) is 6.73. The lowest BCUT2D eigenvalue weighted by Crippen LogP contribution is -2.07. The highest BCUT2D eigenvalue weighted by molar-refractivity contribution is 7.99. The molecule has 0 N–H and O–H groups in total. The summed E-state index contributed by atoms with van der Waals surface area (Å²) >= 11 is 7.22. The van der Waals surface area contributed by atoms with E-state index in [1.165, 1.54) is 16.2 Å². The number of benzene rings is 1. The van der Waals surface area contributed by atoms with Crippen molar-refractivity contribution in [3.05, 3.63) is 58.7 Å². The maximum atomic E-state index is 12.9. The highest BCUT2D eigenvalue weighted by Gasteiger charge is 2.32. The van der Waals surface area contributed by atoms with E-state index in [1.54, 1.807) is 0 Å². The molecule has 3 rings (SSSR count). The number of pyridine rings is 1. The largest absolute Gasteiger partial charge is 0.417 e. The molecule has 0 saturated carbocycles. The minimum absolute atomic E-state index is 0.0674. The van der Waals surface area contributed by atoms with Gasteiger partial charge in [-0.2, -0.15) is 13.2 Å². The van der Waals surface area contributed by atoms with Gasteiger partial charge in [0.25, 0.3) is 0 Å². The van der Waals surface area contributed by atoms with Crippen LogP contribution in [0.3, 0.4) is 0 Å². The van der Waals surface area contributed by atoms with Crippen LogP contribution in [-0.4, -0.2) is 20.4 Å². The molecule has 0 aliphatic carbocycles. The van der Waals surface area contributed by atoms with Crippen LogP contribution in [0.2, 0.25) is 5.02 Å². The summed E-state index contributed by atoms with van der Waals surface area (Å²) in [6, 6.07) is 10.7. The van der Waals surface area contributed by atoms with Gasteiger partial charge in [-0.1, -0.05) is 53.7 Å². The first kappa shape index (κ1) is 16.1. The number of hydrogen-bond acceptors (Lipinski definition) is 3. The quantitative estimate of drug-likeness (QED) is 0.632. The number of rotatable bonds is 4. The van der Waals surface area contributed by atoms with Gasteiger partial charge in [0.05, 0.1) is 10.6 Å². The van der Waals surface area contributed by atoms with Gasteiger partial charge < -0.3 is 0 Å². The molecule has 0 radical (unpaired) electrons. The van der Waals surface area contributed by atoms with Crippen LogP contribution in [0.1, 0.15) is 11.1 Å². The normalized spacial score (nSPS) is 12.0. The fraction of sp³-hybridized carbons (Fsp3) is 0.200. The van der Waals surface area contributed by atoms with Crippen molar-refractivity contribution < 1.29 is 13.2 Å². The summed E-state index contributed by atoms with van der Waals surface area (Å²) in [6.45, 7) is 0. The van der Waals surface area contributed by atoms with Crippen LogP contribution in [0.15, 0.2) is 47.8 Å². The Hall–Kier alpha value is -1.73. The zero-order valence-electron chi connectivity index (χ0n) is 11.7. The average molecular weight is 358 g/mol. The summed E-state index contributed by atoms with van der Waals surface area (Å²) in [5.41, 5.74) is 0.560. The summed E-state index contributed by atoms with van der Waals surface area (Å²) in [7, 11) is 0. The maximum absolute atomic E-state index is 12.9. The highest BCUT2D eigenvalue weighted by atomic mass is 35.5. The smallest absolute Gasteiger partial charge is 0.276 e. The van der Waals surface area contributed by atoms with Gasteiger partial charge in [-0.15, -0.1) is 10.2 Å². The predicted octanol–water partition coefficient (Wildman–Crippen LogP) is 4.74. The van der Waals surface area contributed by atoms with Crippen molar-refractivity contribution in [2.45, 2.75) is 17.8 Å². The van der Waals surface area contributed by atoms with Crippen molar-refractivity contribution in [1.82, 2.24) is 14.6 Å². The molecular formula is C15H11ClF3N3S. The van der Waals surface area contributed by atoms with Crippen LogP contribution in [-0.2, 0) is 12.6 Å². The summed E-state index contributed by atoms with van der Waals surface area (Å²) in [5.74, 6) is 0.679.